The molecule has 0 aliphatic carbocycles. The zero-order valence-electron chi connectivity index (χ0n) is 15.3. The second kappa shape index (κ2) is 9.11. The largest absolute Gasteiger partial charge is 0.343 e. The van der Waals surface area contributed by atoms with Crippen molar-refractivity contribution >= 4 is 27.7 Å². The van der Waals surface area contributed by atoms with Crippen molar-refractivity contribution in [2.75, 3.05) is 20.6 Å². The summed E-state index contributed by atoms with van der Waals surface area (Å²) in [6.07, 6.45) is 0. The predicted molar refractivity (Wildman–Crippen MR) is 102 cm³/mol. The lowest BCUT2D eigenvalue weighted by atomic mass is 10.2. The Labute approximate surface area is 162 Å². The van der Waals surface area contributed by atoms with Gasteiger partial charge in [0.1, 0.15) is 0 Å². The summed E-state index contributed by atoms with van der Waals surface area (Å²) < 4.78 is 25.3. The van der Waals surface area contributed by atoms with Gasteiger partial charge in [-0.15, -0.1) is 0 Å². The summed E-state index contributed by atoms with van der Waals surface area (Å²) in [6, 6.07) is 13.8. The van der Waals surface area contributed by atoms with E-state index in [2.05, 4.69) is 16.2 Å². The first-order valence-corrected chi connectivity index (χ1v) is 9.61. The van der Waals surface area contributed by atoms with Crippen molar-refractivity contribution < 1.29 is 22.8 Å². The molecule has 0 aliphatic rings. The van der Waals surface area contributed by atoms with Gasteiger partial charge in [0.15, 0.2) is 0 Å². The highest BCUT2D eigenvalue weighted by atomic mass is 32.2. The van der Waals surface area contributed by atoms with Crippen LogP contribution in [0.2, 0.25) is 0 Å². The van der Waals surface area contributed by atoms with Crippen LogP contribution in [0.3, 0.4) is 0 Å². The summed E-state index contributed by atoms with van der Waals surface area (Å²) in [6.45, 7) is -0.344. The lowest BCUT2D eigenvalue weighted by molar-refractivity contribution is -0.120. The minimum absolute atomic E-state index is 0.0494. The van der Waals surface area contributed by atoms with Crippen LogP contribution in [-0.4, -0.2) is 51.1 Å². The minimum atomic E-state index is -3.69. The topological polar surface area (TPSA) is 125 Å². The summed E-state index contributed by atoms with van der Waals surface area (Å²) in [4.78, 5) is 35.7. The molecule has 28 heavy (non-hydrogen) atoms. The maximum atomic E-state index is 12.1. The number of carbonyl (C=O) groups is 3. The molecule has 3 amide bonds. The van der Waals surface area contributed by atoms with Gasteiger partial charge in [0.2, 0.25) is 10.0 Å². The van der Waals surface area contributed by atoms with Crippen LogP contribution < -0.4 is 16.2 Å². The average Bonchev–Trinajstić information content (AvgIpc) is 2.70. The number of nitrogens with one attached hydrogen (secondary N) is 3. The van der Waals surface area contributed by atoms with Crippen molar-refractivity contribution in [1.29, 1.82) is 0 Å². The minimum Gasteiger partial charge on any atom is -0.343 e. The standard InChI is InChI=1S/C18H20N4O5S/c1-22(2)28(26,27)15-10-6-9-14(11-15)18(25)21-20-16(23)12-19-17(24)13-7-4-3-5-8-13/h3-11H,12H2,1-2H3,(H,19,24)(H,20,23)(H,21,25). The molecule has 0 spiro atoms. The van der Waals surface area contributed by atoms with Crippen LogP contribution in [0.4, 0.5) is 0 Å². The Morgan fingerprint density at radius 3 is 2.14 bits per heavy atom. The monoisotopic (exact) mass is 404 g/mol. The van der Waals surface area contributed by atoms with Crippen LogP contribution in [0, 0.1) is 0 Å². The van der Waals surface area contributed by atoms with Crippen LogP contribution in [0.5, 0.6) is 0 Å². The van der Waals surface area contributed by atoms with Gasteiger partial charge >= 0.3 is 0 Å². The van der Waals surface area contributed by atoms with Gasteiger partial charge in [0, 0.05) is 25.2 Å². The van der Waals surface area contributed by atoms with Gasteiger partial charge in [-0.1, -0.05) is 24.3 Å². The van der Waals surface area contributed by atoms with E-state index in [-0.39, 0.29) is 17.0 Å². The molecule has 0 saturated carbocycles. The van der Waals surface area contributed by atoms with Crippen molar-refractivity contribution in [3.63, 3.8) is 0 Å². The Kier molecular flexibility index (Phi) is 6.85. The van der Waals surface area contributed by atoms with E-state index < -0.39 is 27.7 Å². The van der Waals surface area contributed by atoms with Crippen molar-refractivity contribution in [2.45, 2.75) is 4.90 Å². The molecule has 0 atom stereocenters. The number of carbonyl (C=O) groups excluding carboxylic acids is 3. The third-order valence-electron chi connectivity index (χ3n) is 3.64. The molecule has 0 saturated heterocycles. The second-order valence-electron chi connectivity index (χ2n) is 5.87. The average molecular weight is 404 g/mol. The maximum absolute atomic E-state index is 12.1. The van der Waals surface area contributed by atoms with Gasteiger partial charge < -0.3 is 5.32 Å². The van der Waals surface area contributed by atoms with Crippen LogP contribution in [0.15, 0.2) is 59.5 Å². The molecule has 0 bridgehead atoms. The SMILES string of the molecule is CN(C)S(=O)(=O)c1cccc(C(=O)NNC(=O)CNC(=O)c2ccccc2)c1. The van der Waals surface area contributed by atoms with Gasteiger partial charge in [-0.2, -0.15) is 0 Å². The molecule has 0 aromatic heterocycles. The molecular weight excluding hydrogens is 384 g/mol. The number of hydrogen-bond acceptors (Lipinski definition) is 5. The summed E-state index contributed by atoms with van der Waals surface area (Å²) in [5, 5.41) is 2.42. The van der Waals surface area contributed by atoms with Gasteiger partial charge in [-0.3, -0.25) is 25.2 Å². The van der Waals surface area contributed by atoms with Crippen LogP contribution >= 0.6 is 0 Å². The number of hydrogen-bond donors (Lipinski definition) is 3. The molecule has 10 heteroatoms. The first-order chi connectivity index (χ1) is 13.2. The Balaban J connectivity index is 1.90. The summed E-state index contributed by atoms with van der Waals surface area (Å²) >= 11 is 0. The zero-order chi connectivity index (χ0) is 20.7. The fourth-order valence-electron chi connectivity index (χ4n) is 2.10. The van der Waals surface area contributed by atoms with E-state index in [1.54, 1.807) is 30.3 Å². The molecule has 2 aromatic carbocycles. The molecule has 3 N–H and O–H groups in total. The third kappa shape index (κ3) is 5.38. The fraction of sp³-hybridized carbons (Fsp3) is 0.167. The Hall–Kier alpha value is -3.24. The van der Waals surface area contributed by atoms with Crippen molar-refractivity contribution in [3.05, 3.63) is 65.7 Å². The quantitative estimate of drug-likeness (QED) is 0.590. The Morgan fingerprint density at radius 1 is 0.857 bits per heavy atom. The maximum Gasteiger partial charge on any atom is 0.269 e. The summed E-state index contributed by atoms with van der Waals surface area (Å²) in [7, 11) is -0.928. The molecule has 2 rings (SSSR count). The normalized spacial score (nSPS) is 11.0. The molecule has 0 heterocycles. The first kappa shape index (κ1) is 21.1. The molecule has 148 valence electrons. The number of benzene rings is 2. The van der Waals surface area contributed by atoms with E-state index in [1.807, 2.05) is 0 Å². The van der Waals surface area contributed by atoms with Gasteiger partial charge in [0.05, 0.1) is 11.4 Å². The van der Waals surface area contributed by atoms with E-state index in [0.717, 1.165) is 4.31 Å². The smallest absolute Gasteiger partial charge is 0.269 e. The highest BCUT2D eigenvalue weighted by Gasteiger charge is 2.19. The van der Waals surface area contributed by atoms with E-state index in [1.165, 1.54) is 38.4 Å². The van der Waals surface area contributed by atoms with Crippen molar-refractivity contribution in [1.82, 2.24) is 20.5 Å². The van der Waals surface area contributed by atoms with E-state index in [0.29, 0.717) is 5.56 Å². The molecule has 0 radical (unpaired) electrons. The van der Waals surface area contributed by atoms with Gasteiger partial charge in [-0.25, -0.2) is 12.7 Å². The number of amides is 3. The zero-order valence-corrected chi connectivity index (χ0v) is 16.1. The van der Waals surface area contributed by atoms with E-state index in [4.69, 9.17) is 0 Å². The van der Waals surface area contributed by atoms with Crippen LogP contribution in [0.1, 0.15) is 20.7 Å². The van der Waals surface area contributed by atoms with Gasteiger partial charge in [0.25, 0.3) is 17.7 Å². The lowest BCUT2D eigenvalue weighted by Crippen LogP contribution is -2.46. The molecule has 0 fully saturated rings. The molecule has 9 nitrogen and oxygen atoms in total. The fourth-order valence-corrected chi connectivity index (χ4v) is 3.05. The summed E-state index contributed by atoms with van der Waals surface area (Å²) in [5.41, 5.74) is 4.78. The Morgan fingerprint density at radius 2 is 1.50 bits per heavy atom. The molecule has 2 aromatic rings. The van der Waals surface area contributed by atoms with E-state index in [9.17, 15) is 22.8 Å². The Bertz CT molecular complexity index is 974. The van der Waals surface area contributed by atoms with Crippen molar-refractivity contribution in [3.8, 4) is 0 Å². The number of nitrogens with zero attached hydrogens (tertiary/aromatic N) is 1. The van der Waals surface area contributed by atoms with Crippen molar-refractivity contribution in [2.24, 2.45) is 0 Å². The number of rotatable bonds is 6. The van der Waals surface area contributed by atoms with E-state index >= 15 is 0 Å². The molecule has 0 unspecified atom stereocenters. The second-order valence-corrected chi connectivity index (χ2v) is 8.02. The molecular formula is C18H20N4O5S. The number of hydrazine groups is 1. The highest BCUT2D eigenvalue weighted by molar-refractivity contribution is 7.89. The van der Waals surface area contributed by atoms with Crippen LogP contribution in [0.25, 0.3) is 0 Å². The molecule has 0 aliphatic heterocycles. The third-order valence-corrected chi connectivity index (χ3v) is 5.45. The van der Waals surface area contributed by atoms with Gasteiger partial charge in [-0.05, 0) is 30.3 Å². The predicted octanol–water partition coefficient (Wildman–Crippen LogP) is 0.128. The first-order valence-electron chi connectivity index (χ1n) is 8.17. The lowest BCUT2D eigenvalue weighted by Gasteiger charge is -2.12. The highest BCUT2D eigenvalue weighted by Crippen LogP contribution is 2.14. The number of sulfonamides is 1. The summed E-state index contributed by atoms with van der Waals surface area (Å²) in [5.74, 6) is -1.77. The van der Waals surface area contributed by atoms with Crippen LogP contribution in [-0.2, 0) is 14.8 Å².